The molecule has 1 atom stereocenters. The number of ether oxygens (including phenoxy) is 1. The Kier molecular flexibility index (Phi) is 9.54. The summed E-state index contributed by atoms with van der Waals surface area (Å²) in [5, 5.41) is 11.4. The standard InChI is InChI=1S/C18H37NO2/c1-4-5-6-7-8-9-10-11-12-13-14-15-17-19(20)18(2,3)16-21-17/h17,20H,4-16H2,1-3H3. The summed E-state index contributed by atoms with van der Waals surface area (Å²) >= 11 is 0. The second kappa shape index (κ2) is 10.6. The third kappa shape index (κ3) is 7.62. The highest BCUT2D eigenvalue weighted by molar-refractivity contribution is 4.83. The van der Waals surface area contributed by atoms with Gasteiger partial charge in [-0.3, -0.25) is 0 Å². The molecule has 0 aromatic carbocycles. The van der Waals surface area contributed by atoms with Crippen molar-refractivity contribution in [1.82, 2.24) is 5.06 Å². The molecule has 1 aliphatic heterocycles. The predicted molar refractivity (Wildman–Crippen MR) is 88.5 cm³/mol. The Labute approximate surface area is 132 Å². The van der Waals surface area contributed by atoms with Crippen molar-refractivity contribution in [3.05, 3.63) is 0 Å². The minimum atomic E-state index is -0.220. The van der Waals surface area contributed by atoms with Crippen LogP contribution in [0.1, 0.15) is 97.8 Å². The van der Waals surface area contributed by atoms with E-state index < -0.39 is 0 Å². The van der Waals surface area contributed by atoms with E-state index >= 15 is 0 Å². The van der Waals surface area contributed by atoms with E-state index in [4.69, 9.17) is 4.74 Å². The average molecular weight is 299 g/mol. The van der Waals surface area contributed by atoms with Crippen LogP contribution in [0.25, 0.3) is 0 Å². The first-order chi connectivity index (χ1) is 10.1. The second-order valence-corrected chi connectivity index (χ2v) is 7.25. The van der Waals surface area contributed by atoms with E-state index in [9.17, 15) is 5.21 Å². The van der Waals surface area contributed by atoms with Crippen molar-refractivity contribution >= 4 is 0 Å². The molecule has 0 aromatic heterocycles. The zero-order valence-electron chi connectivity index (χ0n) is 14.6. The predicted octanol–water partition coefficient (Wildman–Crippen LogP) is 5.51. The largest absolute Gasteiger partial charge is 0.359 e. The highest BCUT2D eigenvalue weighted by Crippen LogP contribution is 2.27. The quantitative estimate of drug-likeness (QED) is 0.482. The fourth-order valence-electron chi connectivity index (χ4n) is 3.02. The van der Waals surface area contributed by atoms with E-state index in [1.807, 2.05) is 13.8 Å². The van der Waals surface area contributed by atoms with Crippen LogP contribution < -0.4 is 0 Å². The molecule has 0 saturated carbocycles. The van der Waals surface area contributed by atoms with Gasteiger partial charge in [-0.25, -0.2) is 0 Å². The fourth-order valence-corrected chi connectivity index (χ4v) is 3.02. The van der Waals surface area contributed by atoms with Crippen LogP contribution in [0.15, 0.2) is 0 Å². The van der Waals surface area contributed by atoms with Gasteiger partial charge in [0, 0.05) is 0 Å². The first-order valence-electron chi connectivity index (χ1n) is 9.18. The van der Waals surface area contributed by atoms with Gasteiger partial charge in [-0.2, -0.15) is 5.06 Å². The molecular formula is C18H37NO2. The van der Waals surface area contributed by atoms with Gasteiger partial charge in [0.2, 0.25) is 0 Å². The summed E-state index contributed by atoms with van der Waals surface area (Å²) in [6, 6.07) is 0. The topological polar surface area (TPSA) is 32.7 Å². The van der Waals surface area contributed by atoms with E-state index in [-0.39, 0.29) is 11.8 Å². The zero-order valence-corrected chi connectivity index (χ0v) is 14.6. The molecule has 21 heavy (non-hydrogen) atoms. The lowest BCUT2D eigenvalue weighted by atomic mass is 10.0. The first-order valence-corrected chi connectivity index (χ1v) is 9.18. The van der Waals surface area contributed by atoms with Crippen LogP contribution in [0.5, 0.6) is 0 Å². The number of hydroxylamine groups is 2. The van der Waals surface area contributed by atoms with E-state index in [2.05, 4.69) is 6.92 Å². The van der Waals surface area contributed by atoms with Gasteiger partial charge in [0.05, 0.1) is 12.1 Å². The molecule has 0 aliphatic carbocycles. The van der Waals surface area contributed by atoms with Gasteiger partial charge in [0.25, 0.3) is 0 Å². The molecule has 0 spiro atoms. The molecular weight excluding hydrogens is 262 g/mol. The lowest BCUT2D eigenvalue weighted by Crippen LogP contribution is -2.41. The minimum Gasteiger partial charge on any atom is -0.359 e. The Hall–Kier alpha value is -0.120. The number of unbranched alkanes of at least 4 members (excludes halogenated alkanes) is 10. The molecule has 1 rings (SSSR count). The van der Waals surface area contributed by atoms with E-state index in [1.165, 1.54) is 69.3 Å². The molecule has 0 radical (unpaired) electrons. The van der Waals surface area contributed by atoms with Crippen molar-refractivity contribution in [2.24, 2.45) is 0 Å². The van der Waals surface area contributed by atoms with Crippen LogP contribution in [-0.2, 0) is 4.74 Å². The van der Waals surface area contributed by atoms with Gasteiger partial charge in [-0.1, -0.05) is 71.1 Å². The molecule has 0 bridgehead atoms. The SMILES string of the molecule is CCCCCCCCCCCCCC1OCC(C)(C)N1O. The molecule has 1 saturated heterocycles. The molecule has 0 amide bonds. The van der Waals surface area contributed by atoms with Crippen molar-refractivity contribution < 1.29 is 9.94 Å². The van der Waals surface area contributed by atoms with Gasteiger partial charge in [-0.05, 0) is 26.7 Å². The Balaban J connectivity index is 1.85. The normalized spacial score (nSPS) is 22.0. The number of nitrogens with zero attached hydrogens (tertiary/aromatic N) is 1. The fraction of sp³-hybridized carbons (Fsp3) is 1.00. The monoisotopic (exact) mass is 299 g/mol. The summed E-state index contributed by atoms with van der Waals surface area (Å²) in [7, 11) is 0. The van der Waals surface area contributed by atoms with E-state index in [0.29, 0.717) is 6.61 Å². The smallest absolute Gasteiger partial charge is 0.133 e. The van der Waals surface area contributed by atoms with Gasteiger partial charge < -0.3 is 9.94 Å². The second-order valence-electron chi connectivity index (χ2n) is 7.25. The summed E-state index contributed by atoms with van der Waals surface area (Å²) in [6.45, 7) is 6.95. The summed E-state index contributed by atoms with van der Waals surface area (Å²) in [5.74, 6) is 0. The number of hydrogen-bond acceptors (Lipinski definition) is 3. The minimum absolute atomic E-state index is 0.0847. The van der Waals surface area contributed by atoms with Crippen LogP contribution >= 0.6 is 0 Å². The molecule has 3 heteroatoms. The van der Waals surface area contributed by atoms with Gasteiger partial charge in [0.15, 0.2) is 0 Å². The van der Waals surface area contributed by atoms with Crippen LogP contribution in [0.3, 0.4) is 0 Å². The molecule has 0 aromatic rings. The Bertz CT molecular complexity index is 256. The van der Waals surface area contributed by atoms with E-state index in [1.54, 1.807) is 0 Å². The Morgan fingerprint density at radius 1 is 0.905 bits per heavy atom. The van der Waals surface area contributed by atoms with Crippen molar-refractivity contribution in [1.29, 1.82) is 0 Å². The van der Waals surface area contributed by atoms with Crippen LogP contribution in [0, 0.1) is 0 Å². The van der Waals surface area contributed by atoms with Gasteiger partial charge in [0.1, 0.15) is 6.23 Å². The Morgan fingerprint density at radius 3 is 1.81 bits per heavy atom. The molecule has 126 valence electrons. The lowest BCUT2D eigenvalue weighted by Gasteiger charge is -2.26. The van der Waals surface area contributed by atoms with Crippen LogP contribution in [0.2, 0.25) is 0 Å². The molecule has 1 N–H and O–H groups in total. The molecule has 1 fully saturated rings. The van der Waals surface area contributed by atoms with Crippen molar-refractivity contribution in [2.75, 3.05) is 6.61 Å². The highest BCUT2D eigenvalue weighted by atomic mass is 16.6. The highest BCUT2D eigenvalue weighted by Gasteiger charge is 2.39. The average Bonchev–Trinajstić information content (AvgIpc) is 2.71. The lowest BCUT2D eigenvalue weighted by molar-refractivity contribution is -0.192. The van der Waals surface area contributed by atoms with Crippen LogP contribution in [-0.4, -0.2) is 28.6 Å². The van der Waals surface area contributed by atoms with Crippen molar-refractivity contribution in [3.8, 4) is 0 Å². The molecule has 1 aliphatic rings. The molecule has 1 unspecified atom stereocenters. The van der Waals surface area contributed by atoms with E-state index in [0.717, 1.165) is 12.8 Å². The third-order valence-corrected chi connectivity index (χ3v) is 4.58. The maximum absolute atomic E-state index is 9.99. The maximum atomic E-state index is 9.99. The number of hydrogen-bond donors (Lipinski definition) is 1. The van der Waals surface area contributed by atoms with Crippen molar-refractivity contribution in [3.63, 3.8) is 0 Å². The van der Waals surface area contributed by atoms with Crippen LogP contribution in [0.4, 0.5) is 0 Å². The summed E-state index contributed by atoms with van der Waals surface area (Å²) in [5.41, 5.74) is -0.220. The summed E-state index contributed by atoms with van der Waals surface area (Å²) in [6.07, 6.45) is 15.8. The maximum Gasteiger partial charge on any atom is 0.133 e. The van der Waals surface area contributed by atoms with Crippen molar-refractivity contribution in [2.45, 2.75) is 110 Å². The summed E-state index contributed by atoms with van der Waals surface area (Å²) in [4.78, 5) is 0. The third-order valence-electron chi connectivity index (χ3n) is 4.58. The van der Waals surface area contributed by atoms with Gasteiger partial charge >= 0.3 is 0 Å². The first kappa shape index (κ1) is 18.9. The summed E-state index contributed by atoms with van der Waals surface area (Å²) < 4.78 is 5.65. The zero-order chi connectivity index (χ0) is 15.6. The van der Waals surface area contributed by atoms with Gasteiger partial charge in [-0.15, -0.1) is 0 Å². The number of rotatable bonds is 12. The molecule has 1 heterocycles. The Morgan fingerprint density at radius 2 is 1.38 bits per heavy atom. The molecule has 3 nitrogen and oxygen atoms in total.